The van der Waals surface area contributed by atoms with Crippen LogP contribution in [0.2, 0.25) is 0 Å². The molecule has 1 N–H and O–H groups in total. The maximum atomic E-state index is 12.7. The Kier molecular flexibility index (Phi) is 8.99. The number of carbonyl (C=O) groups is 2. The number of amides is 1. The molecule has 0 saturated heterocycles. The largest absolute Gasteiger partial charge is 0.465 e. The van der Waals surface area contributed by atoms with Crippen molar-refractivity contribution in [2.75, 3.05) is 18.2 Å². The van der Waals surface area contributed by atoms with Crippen LogP contribution in [0.4, 0.5) is 13.8 Å². The van der Waals surface area contributed by atoms with Gasteiger partial charge in [-0.2, -0.15) is 8.78 Å². The number of thioether (sulfide) groups is 1. The van der Waals surface area contributed by atoms with Crippen molar-refractivity contribution < 1.29 is 27.8 Å². The summed E-state index contributed by atoms with van der Waals surface area (Å²) in [4.78, 5) is 25.9. The molecule has 0 bridgehead atoms. The maximum Gasteiger partial charge on any atom is 0.387 e. The highest BCUT2D eigenvalue weighted by atomic mass is 32.2. The Balaban J connectivity index is 1.75. The quantitative estimate of drug-likeness (QED) is 0.211. The topological polar surface area (TPSA) is 95.3 Å². The van der Waals surface area contributed by atoms with Crippen LogP contribution >= 0.6 is 23.1 Å². The summed E-state index contributed by atoms with van der Waals surface area (Å²) in [6.07, 6.45) is 2.30. The van der Waals surface area contributed by atoms with Gasteiger partial charge < -0.3 is 14.8 Å². The lowest BCUT2D eigenvalue weighted by Gasteiger charge is -2.09. The fourth-order valence-corrected chi connectivity index (χ4v) is 5.29. The molecule has 0 aliphatic carbocycles. The van der Waals surface area contributed by atoms with Gasteiger partial charge in [0.1, 0.15) is 10.8 Å². The second-order valence-electron chi connectivity index (χ2n) is 7.13. The molecule has 0 saturated carbocycles. The average Bonchev–Trinajstić information content (AvgIpc) is 3.37. The number of carbonyl (C=O) groups excluding carboxylic acids is 2. The number of methoxy groups -OCH3 is 1. The molecule has 35 heavy (non-hydrogen) atoms. The first-order valence-corrected chi connectivity index (χ1v) is 12.3. The highest BCUT2D eigenvalue weighted by molar-refractivity contribution is 7.99. The number of rotatable bonds is 11. The first-order valence-electron chi connectivity index (χ1n) is 10.5. The third-order valence-electron chi connectivity index (χ3n) is 4.90. The molecular formula is C23H24F2N4O4S2. The number of esters is 1. The number of thiophene rings is 1. The molecule has 2 heterocycles. The van der Waals surface area contributed by atoms with Crippen LogP contribution in [-0.2, 0) is 22.5 Å². The number of halogens is 2. The SMILES string of the molecule is C=CCn1c(SCC(=O)Nc2sc(C)c(CC)c2C(=O)OC)nnc1-c1ccc(OC(F)F)cc1. The molecule has 2 aromatic heterocycles. The molecule has 3 aromatic rings. The van der Waals surface area contributed by atoms with Gasteiger partial charge in [0, 0.05) is 17.0 Å². The molecule has 0 aliphatic rings. The van der Waals surface area contributed by atoms with Gasteiger partial charge in [-0.1, -0.05) is 24.8 Å². The molecule has 0 fully saturated rings. The summed E-state index contributed by atoms with van der Waals surface area (Å²) >= 11 is 2.50. The zero-order valence-corrected chi connectivity index (χ0v) is 21.0. The van der Waals surface area contributed by atoms with E-state index in [0.29, 0.717) is 40.1 Å². The molecule has 0 aliphatic heterocycles. The monoisotopic (exact) mass is 522 g/mol. The lowest BCUT2D eigenvalue weighted by molar-refractivity contribution is -0.113. The van der Waals surface area contributed by atoms with Crippen LogP contribution in [0.5, 0.6) is 5.75 Å². The van der Waals surface area contributed by atoms with Gasteiger partial charge in [-0.05, 0) is 43.2 Å². The molecule has 0 spiro atoms. The normalized spacial score (nSPS) is 10.9. The molecule has 12 heteroatoms. The predicted molar refractivity (Wildman–Crippen MR) is 131 cm³/mol. The zero-order valence-electron chi connectivity index (χ0n) is 19.3. The summed E-state index contributed by atoms with van der Waals surface area (Å²) in [5.41, 5.74) is 1.87. The van der Waals surface area contributed by atoms with Gasteiger partial charge in [0.15, 0.2) is 11.0 Å². The summed E-state index contributed by atoms with van der Waals surface area (Å²) in [5, 5.41) is 12.1. The number of ether oxygens (including phenoxy) is 2. The number of aryl methyl sites for hydroxylation is 1. The number of allylic oxidation sites excluding steroid dienone is 1. The number of hydrogen-bond donors (Lipinski definition) is 1. The number of alkyl halides is 2. The van der Waals surface area contributed by atoms with E-state index in [0.717, 1.165) is 10.4 Å². The molecule has 1 amide bonds. The lowest BCUT2D eigenvalue weighted by atomic mass is 10.1. The van der Waals surface area contributed by atoms with Gasteiger partial charge >= 0.3 is 12.6 Å². The molecule has 3 rings (SSSR count). The highest BCUT2D eigenvalue weighted by Gasteiger charge is 2.23. The standard InChI is InChI=1S/C23H24F2N4O4S2/c1-5-11-29-19(14-7-9-15(10-8-14)33-22(24)25)27-28-23(29)34-12-17(30)26-20-18(21(31)32-4)16(6-2)13(3)35-20/h5,7-10,22H,1,6,11-12H2,2-4H3,(H,26,30). The molecule has 8 nitrogen and oxygen atoms in total. The van der Waals surface area contributed by atoms with Crippen LogP contribution in [-0.4, -0.2) is 46.1 Å². The zero-order chi connectivity index (χ0) is 25.5. The van der Waals surface area contributed by atoms with Crippen molar-refractivity contribution in [2.45, 2.75) is 38.6 Å². The van der Waals surface area contributed by atoms with E-state index >= 15 is 0 Å². The van der Waals surface area contributed by atoms with E-state index in [2.05, 4.69) is 26.8 Å². The van der Waals surface area contributed by atoms with E-state index in [9.17, 15) is 18.4 Å². The Morgan fingerprint density at radius 2 is 2.00 bits per heavy atom. The molecule has 186 valence electrons. The molecule has 1 aromatic carbocycles. The number of benzene rings is 1. The van der Waals surface area contributed by atoms with Crippen molar-refractivity contribution in [2.24, 2.45) is 0 Å². The molecular weight excluding hydrogens is 498 g/mol. The molecule has 0 radical (unpaired) electrons. The first kappa shape index (κ1) is 26.4. The molecule has 0 unspecified atom stereocenters. The molecule has 0 atom stereocenters. The number of anilines is 1. The van der Waals surface area contributed by atoms with Gasteiger partial charge in [-0.15, -0.1) is 28.1 Å². The lowest BCUT2D eigenvalue weighted by Crippen LogP contribution is -2.16. The van der Waals surface area contributed by atoms with Gasteiger partial charge in [0.2, 0.25) is 5.91 Å². The van der Waals surface area contributed by atoms with Crippen molar-refractivity contribution in [3.8, 4) is 17.1 Å². The van der Waals surface area contributed by atoms with E-state index in [4.69, 9.17) is 4.74 Å². The Hall–Kier alpha value is -3.25. The summed E-state index contributed by atoms with van der Waals surface area (Å²) in [6, 6.07) is 6.03. The predicted octanol–water partition coefficient (Wildman–Crippen LogP) is 5.18. The van der Waals surface area contributed by atoms with Crippen molar-refractivity contribution >= 4 is 40.0 Å². The van der Waals surface area contributed by atoms with E-state index in [1.54, 1.807) is 22.8 Å². The summed E-state index contributed by atoms with van der Waals surface area (Å²) in [7, 11) is 1.31. The minimum Gasteiger partial charge on any atom is -0.465 e. The van der Waals surface area contributed by atoms with Crippen LogP contribution < -0.4 is 10.1 Å². The van der Waals surface area contributed by atoms with Crippen molar-refractivity contribution in [1.29, 1.82) is 0 Å². The van der Waals surface area contributed by atoms with Gasteiger partial charge in [-0.25, -0.2) is 4.79 Å². The van der Waals surface area contributed by atoms with E-state index in [-0.39, 0.29) is 17.4 Å². The third kappa shape index (κ3) is 6.25. The second-order valence-corrected chi connectivity index (χ2v) is 9.30. The summed E-state index contributed by atoms with van der Waals surface area (Å²) in [5.74, 6) is -0.256. The van der Waals surface area contributed by atoms with Crippen LogP contribution in [0.1, 0.15) is 27.7 Å². The first-order chi connectivity index (χ1) is 16.8. The van der Waals surface area contributed by atoms with Crippen LogP contribution in [0.3, 0.4) is 0 Å². The van der Waals surface area contributed by atoms with E-state index in [1.165, 1.54) is 42.3 Å². The van der Waals surface area contributed by atoms with E-state index in [1.807, 2.05) is 13.8 Å². The number of nitrogens with one attached hydrogen (secondary N) is 1. The van der Waals surface area contributed by atoms with Crippen molar-refractivity contribution in [3.05, 3.63) is 52.9 Å². The second kappa shape index (κ2) is 11.9. The van der Waals surface area contributed by atoms with Gasteiger partial charge in [0.25, 0.3) is 0 Å². The van der Waals surface area contributed by atoms with Gasteiger partial charge in [-0.3, -0.25) is 9.36 Å². The Bertz CT molecular complexity index is 1210. The van der Waals surface area contributed by atoms with Gasteiger partial charge in [0.05, 0.1) is 18.4 Å². The fraction of sp³-hybridized carbons (Fsp3) is 0.304. The smallest absolute Gasteiger partial charge is 0.387 e. The fourth-order valence-electron chi connectivity index (χ4n) is 3.39. The van der Waals surface area contributed by atoms with Crippen LogP contribution in [0, 0.1) is 6.92 Å². The Morgan fingerprint density at radius 3 is 2.60 bits per heavy atom. The Labute approximate surface area is 209 Å². The highest BCUT2D eigenvalue weighted by Crippen LogP contribution is 2.34. The van der Waals surface area contributed by atoms with Crippen molar-refractivity contribution in [3.63, 3.8) is 0 Å². The number of aromatic nitrogens is 3. The summed E-state index contributed by atoms with van der Waals surface area (Å²) in [6.45, 7) is 5.05. The minimum atomic E-state index is -2.91. The minimum absolute atomic E-state index is 0.0233. The van der Waals surface area contributed by atoms with E-state index < -0.39 is 12.6 Å². The average molecular weight is 523 g/mol. The van der Waals surface area contributed by atoms with Crippen LogP contribution in [0.25, 0.3) is 11.4 Å². The Morgan fingerprint density at radius 1 is 1.29 bits per heavy atom. The number of nitrogens with zero attached hydrogens (tertiary/aromatic N) is 3. The van der Waals surface area contributed by atoms with Crippen molar-refractivity contribution in [1.82, 2.24) is 14.8 Å². The summed E-state index contributed by atoms with van der Waals surface area (Å²) < 4.78 is 35.8. The number of hydrogen-bond acceptors (Lipinski definition) is 8. The third-order valence-corrected chi connectivity index (χ3v) is 6.93. The van der Waals surface area contributed by atoms with Crippen LogP contribution in [0.15, 0.2) is 42.1 Å². The maximum absolute atomic E-state index is 12.7.